The number of aliphatic hydroxyl groups is 1. The van der Waals surface area contributed by atoms with Crippen LogP contribution in [0.1, 0.15) is 60.3 Å². The minimum Gasteiger partial charge on any atom is -0.394 e. The van der Waals surface area contributed by atoms with Crippen molar-refractivity contribution in [3.63, 3.8) is 0 Å². The van der Waals surface area contributed by atoms with Crippen LogP contribution in [-0.4, -0.2) is 47.8 Å². The summed E-state index contributed by atoms with van der Waals surface area (Å²) in [5.74, 6) is 0. The number of aliphatic hydroxyl groups excluding tert-OH is 1. The number of likely N-dealkylation sites (N-methyl/N-ethyl adjacent to an activating group) is 1. The van der Waals surface area contributed by atoms with Crippen LogP contribution < -0.4 is 5.32 Å². The van der Waals surface area contributed by atoms with E-state index in [-0.39, 0.29) is 17.7 Å². The van der Waals surface area contributed by atoms with Crippen molar-refractivity contribution in [3.05, 3.63) is 0 Å². The normalized spacial score (nSPS) is 16.0. The number of nitrogens with zero attached hydrogens (tertiary/aromatic N) is 1. The van der Waals surface area contributed by atoms with E-state index in [1.807, 2.05) is 0 Å². The highest BCUT2D eigenvalue weighted by atomic mass is 16.3. The van der Waals surface area contributed by atoms with E-state index >= 15 is 0 Å². The molecule has 0 aromatic rings. The summed E-state index contributed by atoms with van der Waals surface area (Å²) in [6.07, 6.45) is 4.31. The van der Waals surface area contributed by atoms with Crippen molar-refractivity contribution in [1.82, 2.24) is 10.2 Å². The Morgan fingerprint density at radius 1 is 1.11 bits per heavy atom. The predicted octanol–water partition coefficient (Wildman–Crippen LogP) is 2.64. The second-order valence-electron chi connectivity index (χ2n) is 6.01. The van der Waals surface area contributed by atoms with E-state index in [1.165, 1.54) is 0 Å². The van der Waals surface area contributed by atoms with Gasteiger partial charge in [0, 0.05) is 11.1 Å². The van der Waals surface area contributed by atoms with E-state index in [1.54, 1.807) is 0 Å². The first-order valence-electron chi connectivity index (χ1n) is 7.44. The molecular formula is C15H34N2O. The van der Waals surface area contributed by atoms with Gasteiger partial charge in [0.25, 0.3) is 0 Å². The van der Waals surface area contributed by atoms with Crippen molar-refractivity contribution in [2.24, 2.45) is 0 Å². The van der Waals surface area contributed by atoms with Gasteiger partial charge in [-0.1, -0.05) is 20.8 Å². The maximum atomic E-state index is 9.60. The van der Waals surface area contributed by atoms with Crippen LogP contribution in [0.15, 0.2) is 0 Å². The highest BCUT2D eigenvalue weighted by Gasteiger charge is 2.27. The van der Waals surface area contributed by atoms with Crippen molar-refractivity contribution in [2.75, 3.05) is 26.7 Å². The van der Waals surface area contributed by atoms with Crippen molar-refractivity contribution < 1.29 is 5.11 Å². The summed E-state index contributed by atoms with van der Waals surface area (Å²) in [4.78, 5) is 2.43. The molecule has 0 radical (unpaired) electrons. The van der Waals surface area contributed by atoms with Gasteiger partial charge >= 0.3 is 0 Å². The van der Waals surface area contributed by atoms with E-state index < -0.39 is 0 Å². The molecule has 0 spiro atoms. The fourth-order valence-electron chi connectivity index (χ4n) is 2.24. The van der Waals surface area contributed by atoms with E-state index in [0.717, 1.165) is 38.8 Å². The minimum absolute atomic E-state index is 0.0774. The van der Waals surface area contributed by atoms with Crippen LogP contribution in [0.5, 0.6) is 0 Å². The van der Waals surface area contributed by atoms with Gasteiger partial charge in [-0.3, -0.25) is 0 Å². The zero-order valence-corrected chi connectivity index (χ0v) is 13.3. The molecule has 3 nitrogen and oxygen atoms in total. The Bertz CT molecular complexity index is 213. The van der Waals surface area contributed by atoms with Gasteiger partial charge in [-0.15, -0.1) is 0 Å². The summed E-state index contributed by atoms with van der Waals surface area (Å²) in [7, 11) is 2.20. The van der Waals surface area contributed by atoms with Crippen LogP contribution in [0.4, 0.5) is 0 Å². The lowest BCUT2D eigenvalue weighted by Gasteiger charge is -2.37. The van der Waals surface area contributed by atoms with Gasteiger partial charge in [-0.05, 0) is 59.7 Å². The number of hydrogen-bond donors (Lipinski definition) is 2. The highest BCUT2D eigenvalue weighted by Crippen LogP contribution is 2.20. The molecule has 3 heteroatoms. The molecule has 0 amide bonds. The second kappa shape index (κ2) is 8.13. The van der Waals surface area contributed by atoms with Crippen LogP contribution in [0.2, 0.25) is 0 Å². The average Bonchev–Trinajstić information content (AvgIpc) is 2.37. The summed E-state index contributed by atoms with van der Waals surface area (Å²) in [6.45, 7) is 13.3. The largest absolute Gasteiger partial charge is 0.394 e. The highest BCUT2D eigenvalue weighted by molar-refractivity contribution is 4.86. The topological polar surface area (TPSA) is 35.5 Å². The van der Waals surface area contributed by atoms with Crippen molar-refractivity contribution in [2.45, 2.75) is 71.4 Å². The van der Waals surface area contributed by atoms with Gasteiger partial charge in [-0.25, -0.2) is 0 Å². The zero-order valence-electron chi connectivity index (χ0n) is 13.3. The molecule has 0 fully saturated rings. The third-order valence-electron chi connectivity index (χ3n) is 4.58. The third-order valence-corrected chi connectivity index (χ3v) is 4.58. The predicted molar refractivity (Wildman–Crippen MR) is 80.0 cm³/mol. The first-order chi connectivity index (χ1) is 8.37. The smallest absolute Gasteiger partial charge is 0.0613 e. The lowest BCUT2D eigenvalue weighted by atomic mass is 9.90. The average molecular weight is 258 g/mol. The Morgan fingerprint density at radius 2 is 1.72 bits per heavy atom. The molecule has 1 unspecified atom stereocenters. The molecule has 110 valence electrons. The maximum absolute atomic E-state index is 9.60. The molecule has 0 aliphatic rings. The molecule has 0 aliphatic carbocycles. The number of rotatable bonds is 10. The molecule has 0 saturated heterocycles. The van der Waals surface area contributed by atoms with E-state index in [2.05, 4.69) is 51.9 Å². The molecule has 0 heterocycles. The summed E-state index contributed by atoms with van der Waals surface area (Å²) in [6, 6.07) is 0. The Labute approximate surface area is 114 Å². The zero-order chi connectivity index (χ0) is 14.2. The van der Waals surface area contributed by atoms with Gasteiger partial charge in [0.15, 0.2) is 0 Å². The Morgan fingerprint density at radius 3 is 2.11 bits per heavy atom. The summed E-state index contributed by atoms with van der Waals surface area (Å²) < 4.78 is 0. The quantitative estimate of drug-likeness (QED) is 0.632. The molecule has 1 atom stereocenters. The lowest BCUT2D eigenvalue weighted by Crippen LogP contribution is -2.49. The van der Waals surface area contributed by atoms with Gasteiger partial charge in [-0.2, -0.15) is 0 Å². The van der Waals surface area contributed by atoms with Crippen LogP contribution in [0.3, 0.4) is 0 Å². The van der Waals surface area contributed by atoms with E-state index in [9.17, 15) is 5.11 Å². The minimum atomic E-state index is -0.0774. The first kappa shape index (κ1) is 17.9. The van der Waals surface area contributed by atoms with Gasteiger partial charge in [0.1, 0.15) is 0 Å². The van der Waals surface area contributed by atoms with Crippen molar-refractivity contribution in [3.8, 4) is 0 Å². The van der Waals surface area contributed by atoms with Crippen LogP contribution in [0, 0.1) is 0 Å². The summed E-state index contributed by atoms with van der Waals surface area (Å²) >= 11 is 0. The lowest BCUT2D eigenvalue weighted by molar-refractivity contribution is 0.120. The fourth-order valence-corrected chi connectivity index (χ4v) is 2.24. The molecule has 0 bridgehead atoms. The monoisotopic (exact) mass is 258 g/mol. The molecule has 18 heavy (non-hydrogen) atoms. The Kier molecular flexibility index (Phi) is 8.08. The molecule has 2 N–H and O–H groups in total. The molecule has 0 aromatic heterocycles. The summed E-state index contributed by atoms with van der Waals surface area (Å²) in [5, 5.41) is 13.1. The molecule has 0 aromatic carbocycles. The van der Waals surface area contributed by atoms with Crippen LogP contribution >= 0.6 is 0 Å². The van der Waals surface area contributed by atoms with Crippen LogP contribution in [0.25, 0.3) is 0 Å². The maximum Gasteiger partial charge on any atom is 0.0613 e. The van der Waals surface area contributed by atoms with Gasteiger partial charge in [0.2, 0.25) is 0 Å². The Hall–Kier alpha value is -0.120. The van der Waals surface area contributed by atoms with E-state index in [0.29, 0.717) is 0 Å². The molecule has 0 saturated carbocycles. The van der Waals surface area contributed by atoms with Crippen LogP contribution in [-0.2, 0) is 0 Å². The SMILES string of the molecule is CCNC(CC)(CO)CCCN(C)C(C)(C)CC. The second-order valence-corrected chi connectivity index (χ2v) is 6.01. The van der Waals surface area contributed by atoms with E-state index in [4.69, 9.17) is 0 Å². The molecular weight excluding hydrogens is 224 g/mol. The molecule has 0 aliphatic heterocycles. The third kappa shape index (κ3) is 5.25. The van der Waals surface area contributed by atoms with Gasteiger partial charge in [0.05, 0.1) is 6.61 Å². The summed E-state index contributed by atoms with van der Waals surface area (Å²) in [5.41, 5.74) is 0.193. The standard InChI is InChI=1S/C15H34N2O/c1-7-14(4,5)17(6)12-10-11-15(8-2,13-18)16-9-3/h16,18H,7-13H2,1-6H3. The van der Waals surface area contributed by atoms with Gasteiger partial charge < -0.3 is 15.3 Å². The van der Waals surface area contributed by atoms with Crippen molar-refractivity contribution >= 4 is 0 Å². The molecule has 0 rings (SSSR count). The Balaban J connectivity index is 4.22. The number of nitrogens with one attached hydrogen (secondary N) is 1. The number of hydrogen-bond acceptors (Lipinski definition) is 3. The van der Waals surface area contributed by atoms with Crippen molar-refractivity contribution in [1.29, 1.82) is 0 Å². The first-order valence-corrected chi connectivity index (χ1v) is 7.44. The fraction of sp³-hybridized carbons (Fsp3) is 1.00.